The molecule has 0 radical (unpaired) electrons. The molecule has 0 spiro atoms. The molecule has 2 aromatic carbocycles. The SMILES string of the molecule is COc1cc(F)c(Br)cc1C(Cl)c1c(F)cc(Br)cc1F. The van der Waals surface area contributed by atoms with Gasteiger partial charge in [0, 0.05) is 21.7 Å². The second-order valence-corrected chi connectivity index (χ2v) is 6.36. The molecule has 1 unspecified atom stereocenters. The van der Waals surface area contributed by atoms with E-state index in [9.17, 15) is 13.2 Å². The van der Waals surface area contributed by atoms with Crippen molar-refractivity contribution in [1.82, 2.24) is 0 Å². The largest absolute Gasteiger partial charge is 0.496 e. The number of hydrogen-bond donors (Lipinski definition) is 0. The summed E-state index contributed by atoms with van der Waals surface area (Å²) >= 11 is 12.2. The Kier molecular flexibility index (Phi) is 5.22. The Morgan fingerprint density at radius 1 is 1.00 bits per heavy atom. The lowest BCUT2D eigenvalue weighted by Crippen LogP contribution is -2.04. The molecule has 0 aliphatic carbocycles. The summed E-state index contributed by atoms with van der Waals surface area (Å²) in [5.74, 6) is -2.05. The maximum absolute atomic E-state index is 14.0. The van der Waals surface area contributed by atoms with Crippen molar-refractivity contribution in [3.05, 3.63) is 61.8 Å². The Balaban J connectivity index is 2.60. The van der Waals surface area contributed by atoms with Crippen LogP contribution in [-0.2, 0) is 0 Å². The first-order valence-electron chi connectivity index (χ1n) is 5.66. The van der Waals surface area contributed by atoms with E-state index in [1.165, 1.54) is 13.2 Å². The van der Waals surface area contributed by atoms with E-state index in [4.69, 9.17) is 16.3 Å². The molecule has 0 heterocycles. The molecule has 2 aromatic rings. The first kappa shape index (κ1) is 16.6. The Hall–Kier alpha value is -0.720. The van der Waals surface area contributed by atoms with Crippen molar-refractivity contribution >= 4 is 43.5 Å². The van der Waals surface area contributed by atoms with Gasteiger partial charge in [-0.25, -0.2) is 13.2 Å². The van der Waals surface area contributed by atoms with Gasteiger partial charge < -0.3 is 4.74 Å². The molecule has 1 atom stereocenters. The van der Waals surface area contributed by atoms with Gasteiger partial charge in [0.15, 0.2) is 0 Å². The normalized spacial score (nSPS) is 12.3. The minimum Gasteiger partial charge on any atom is -0.496 e. The molecule has 0 bridgehead atoms. The minimum atomic E-state index is -1.16. The number of rotatable bonds is 3. The number of benzene rings is 2. The zero-order chi connectivity index (χ0) is 15.7. The van der Waals surface area contributed by atoms with Crippen LogP contribution in [0.25, 0.3) is 0 Å². The van der Waals surface area contributed by atoms with Crippen LogP contribution in [0.3, 0.4) is 0 Å². The van der Waals surface area contributed by atoms with E-state index in [2.05, 4.69) is 31.9 Å². The van der Waals surface area contributed by atoms with E-state index in [-0.39, 0.29) is 25.8 Å². The number of halogens is 6. The molecule has 0 amide bonds. The van der Waals surface area contributed by atoms with Crippen molar-refractivity contribution in [2.75, 3.05) is 7.11 Å². The van der Waals surface area contributed by atoms with E-state index >= 15 is 0 Å². The average molecular weight is 444 g/mol. The standard InChI is InChI=1S/C14H8Br2ClF3O/c1-21-12-5-9(18)8(16)4-7(12)14(17)13-10(19)2-6(15)3-11(13)20/h2-5,14H,1H3. The summed E-state index contributed by atoms with van der Waals surface area (Å²) in [6.45, 7) is 0. The summed E-state index contributed by atoms with van der Waals surface area (Å²) in [4.78, 5) is 0. The lowest BCUT2D eigenvalue weighted by molar-refractivity contribution is 0.405. The quantitative estimate of drug-likeness (QED) is 0.531. The van der Waals surface area contributed by atoms with E-state index in [0.29, 0.717) is 0 Å². The van der Waals surface area contributed by atoms with Gasteiger partial charge in [0.2, 0.25) is 0 Å². The molecule has 0 saturated carbocycles. The van der Waals surface area contributed by atoms with E-state index in [0.717, 1.165) is 18.2 Å². The van der Waals surface area contributed by atoms with Crippen LogP contribution in [0.2, 0.25) is 0 Å². The van der Waals surface area contributed by atoms with Crippen LogP contribution >= 0.6 is 43.5 Å². The van der Waals surface area contributed by atoms with Gasteiger partial charge in [-0.1, -0.05) is 15.9 Å². The van der Waals surface area contributed by atoms with Gasteiger partial charge in [0.25, 0.3) is 0 Å². The van der Waals surface area contributed by atoms with Crippen molar-refractivity contribution in [2.24, 2.45) is 0 Å². The minimum absolute atomic E-state index is 0.109. The van der Waals surface area contributed by atoms with Gasteiger partial charge in [-0.15, -0.1) is 11.6 Å². The van der Waals surface area contributed by atoms with Crippen LogP contribution in [-0.4, -0.2) is 7.11 Å². The molecule has 112 valence electrons. The van der Waals surface area contributed by atoms with Crippen LogP contribution in [0.15, 0.2) is 33.2 Å². The van der Waals surface area contributed by atoms with Gasteiger partial charge in [0.05, 0.1) is 17.0 Å². The Morgan fingerprint density at radius 3 is 2.10 bits per heavy atom. The molecule has 21 heavy (non-hydrogen) atoms. The van der Waals surface area contributed by atoms with Gasteiger partial charge in [-0.3, -0.25) is 0 Å². The topological polar surface area (TPSA) is 9.23 Å². The molecule has 0 aromatic heterocycles. The van der Waals surface area contributed by atoms with E-state index < -0.39 is 22.8 Å². The third kappa shape index (κ3) is 3.38. The number of ether oxygens (including phenoxy) is 1. The monoisotopic (exact) mass is 442 g/mol. The molecule has 2 rings (SSSR count). The Labute approximate surface area is 141 Å². The maximum atomic E-state index is 14.0. The van der Waals surface area contributed by atoms with Gasteiger partial charge in [0.1, 0.15) is 23.2 Å². The van der Waals surface area contributed by atoms with Gasteiger partial charge in [-0.05, 0) is 34.1 Å². The fourth-order valence-electron chi connectivity index (χ4n) is 1.87. The lowest BCUT2D eigenvalue weighted by atomic mass is 10.0. The van der Waals surface area contributed by atoms with Gasteiger partial charge >= 0.3 is 0 Å². The highest BCUT2D eigenvalue weighted by molar-refractivity contribution is 9.10. The molecule has 0 aliphatic rings. The molecule has 0 aliphatic heterocycles. The summed E-state index contributed by atoms with van der Waals surface area (Å²) < 4.78 is 46.9. The molecule has 1 nitrogen and oxygen atoms in total. The molecular weight excluding hydrogens is 436 g/mol. The highest BCUT2D eigenvalue weighted by Gasteiger charge is 2.24. The predicted molar refractivity (Wildman–Crippen MR) is 82.4 cm³/mol. The van der Waals surface area contributed by atoms with Crippen molar-refractivity contribution in [3.8, 4) is 5.75 Å². The molecular formula is C14H8Br2ClF3O. The third-order valence-corrected chi connectivity index (χ3v) is 4.36. The predicted octanol–water partition coefficient (Wildman–Crippen LogP) is 5.97. The van der Waals surface area contributed by atoms with E-state index in [1.54, 1.807) is 0 Å². The number of alkyl halides is 1. The van der Waals surface area contributed by atoms with Crippen LogP contribution in [0.5, 0.6) is 5.75 Å². The zero-order valence-corrected chi connectivity index (χ0v) is 14.5. The summed E-state index contributed by atoms with van der Waals surface area (Å²) in [5, 5.41) is -1.16. The maximum Gasteiger partial charge on any atom is 0.141 e. The first-order chi connectivity index (χ1) is 9.85. The first-order valence-corrected chi connectivity index (χ1v) is 7.68. The van der Waals surface area contributed by atoms with Crippen LogP contribution < -0.4 is 4.74 Å². The fraction of sp³-hybridized carbons (Fsp3) is 0.143. The summed E-state index contributed by atoms with van der Waals surface area (Å²) in [6, 6.07) is 4.66. The highest BCUT2D eigenvalue weighted by Crippen LogP contribution is 2.40. The second kappa shape index (κ2) is 6.58. The summed E-state index contributed by atoms with van der Waals surface area (Å²) in [5.41, 5.74) is -0.0655. The number of hydrogen-bond acceptors (Lipinski definition) is 1. The Morgan fingerprint density at radius 2 is 1.57 bits per heavy atom. The van der Waals surface area contributed by atoms with Crippen molar-refractivity contribution in [2.45, 2.75) is 5.38 Å². The smallest absolute Gasteiger partial charge is 0.141 e. The average Bonchev–Trinajstić information content (AvgIpc) is 2.39. The van der Waals surface area contributed by atoms with Crippen LogP contribution in [0, 0.1) is 17.5 Å². The molecule has 0 N–H and O–H groups in total. The zero-order valence-electron chi connectivity index (χ0n) is 10.6. The molecule has 7 heteroatoms. The van der Waals surface area contributed by atoms with Crippen molar-refractivity contribution < 1.29 is 17.9 Å². The fourth-order valence-corrected chi connectivity index (χ4v) is 3.01. The molecule has 0 saturated heterocycles. The highest BCUT2D eigenvalue weighted by atomic mass is 79.9. The van der Waals surface area contributed by atoms with Crippen LogP contribution in [0.4, 0.5) is 13.2 Å². The lowest BCUT2D eigenvalue weighted by Gasteiger charge is -2.16. The van der Waals surface area contributed by atoms with Crippen molar-refractivity contribution in [1.29, 1.82) is 0 Å². The Bertz CT molecular complexity index is 671. The van der Waals surface area contributed by atoms with Gasteiger partial charge in [-0.2, -0.15) is 0 Å². The second-order valence-electron chi connectivity index (χ2n) is 4.15. The van der Waals surface area contributed by atoms with Crippen molar-refractivity contribution in [3.63, 3.8) is 0 Å². The van der Waals surface area contributed by atoms with E-state index in [1.807, 2.05) is 0 Å². The summed E-state index contributed by atoms with van der Waals surface area (Å²) in [7, 11) is 1.32. The summed E-state index contributed by atoms with van der Waals surface area (Å²) in [6.07, 6.45) is 0. The molecule has 0 fully saturated rings. The number of methoxy groups -OCH3 is 1. The third-order valence-electron chi connectivity index (χ3n) is 2.84. The van der Waals surface area contributed by atoms with Crippen LogP contribution in [0.1, 0.15) is 16.5 Å².